The second-order valence-corrected chi connectivity index (χ2v) is 4.31. The zero-order chi connectivity index (χ0) is 15.1. The van der Waals surface area contributed by atoms with E-state index in [0.717, 1.165) is 5.56 Å². The normalized spacial score (nSPS) is 12.0. The number of carboxylic acid groups (broad SMARTS) is 1. The average Bonchev–Trinajstić information content (AvgIpc) is 2.52. The number of ether oxygens (including phenoxy) is 1. The standard InChI is InChI=1S/C17H14O4/c18-15(12-11-13-7-3-1-4-8-13)21-16(17(19)20)14-9-5-2-6-10-14/h1-12,16H,(H,19,20)/b12-11-/t16-/m1/s1. The topological polar surface area (TPSA) is 63.6 Å². The molecular weight excluding hydrogens is 268 g/mol. The minimum Gasteiger partial charge on any atom is -0.478 e. The lowest BCUT2D eigenvalue weighted by Crippen LogP contribution is -2.18. The van der Waals surface area contributed by atoms with Gasteiger partial charge in [-0.1, -0.05) is 60.7 Å². The predicted molar refractivity (Wildman–Crippen MR) is 78.4 cm³/mol. The average molecular weight is 282 g/mol. The molecule has 0 unspecified atom stereocenters. The monoisotopic (exact) mass is 282 g/mol. The highest BCUT2D eigenvalue weighted by Crippen LogP contribution is 2.18. The van der Waals surface area contributed by atoms with Crippen LogP contribution in [0.5, 0.6) is 0 Å². The molecule has 0 fully saturated rings. The maximum atomic E-state index is 11.7. The Hall–Kier alpha value is -2.88. The molecule has 0 saturated heterocycles. The van der Waals surface area contributed by atoms with Gasteiger partial charge in [0.2, 0.25) is 6.10 Å². The van der Waals surface area contributed by atoms with Crippen molar-refractivity contribution in [2.45, 2.75) is 6.10 Å². The molecule has 0 aromatic heterocycles. The van der Waals surface area contributed by atoms with E-state index in [9.17, 15) is 9.59 Å². The van der Waals surface area contributed by atoms with Crippen molar-refractivity contribution in [1.29, 1.82) is 0 Å². The fourth-order valence-corrected chi connectivity index (χ4v) is 1.77. The van der Waals surface area contributed by atoms with E-state index < -0.39 is 18.0 Å². The molecule has 0 amide bonds. The third-order valence-electron chi connectivity index (χ3n) is 2.77. The Morgan fingerprint density at radius 1 is 0.952 bits per heavy atom. The molecule has 0 heterocycles. The summed E-state index contributed by atoms with van der Waals surface area (Å²) in [5, 5.41) is 9.16. The fourth-order valence-electron chi connectivity index (χ4n) is 1.77. The lowest BCUT2D eigenvalue weighted by atomic mass is 10.1. The summed E-state index contributed by atoms with van der Waals surface area (Å²) in [7, 11) is 0. The molecule has 0 radical (unpaired) electrons. The Bertz CT molecular complexity index is 632. The summed E-state index contributed by atoms with van der Waals surface area (Å²) >= 11 is 0. The van der Waals surface area contributed by atoms with Crippen LogP contribution in [0.3, 0.4) is 0 Å². The first-order valence-corrected chi connectivity index (χ1v) is 6.38. The first kappa shape index (κ1) is 14.5. The molecule has 0 aliphatic heterocycles. The van der Waals surface area contributed by atoms with Crippen LogP contribution in [0.1, 0.15) is 17.2 Å². The number of carbonyl (C=O) groups is 2. The van der Waals surface area contributed by atoms with E-state index in [0.29, 0.717) is 5.56 Å². The highest BCUT2D eigenvalue weighted by atomic mass is 16.6. The smallest absolute Gasteiger partial charge is 0.349 e. The van der Waals surface area contributed by atoms with Gasteiger partial charge in [-0.05, 0) is 11.6 Å². The number of carbonyl (C=O) groups excluding carboxylic acids is 1. The minimum absolute atomic E-state index is 0.423. The van der Waals surface area contributed by atoms with Crippen LogP contribution < -0.4 is 0 Å². The van der Waals surface area contributed by atoms with Crippen LogP contribution >= 0.6 is 0 Å². The number of esters is 1. The van der Waals surface area contributed by atoms with Crippen molar-refractivity contribution in [3.8, 4) is 0 Å². The summed E-state index contributed by atoms with van der Waals surface area (Å²) in [6.45, 7) is 0. The van der Waals surface area contributed by atoms with E-state index in [1.807, 2.05) is 30.3 Å². The van der Waals surface area contributed by atoms with E-state index in [4.69, 9.17) is 9.84 Å². The van der Waals surface area contributed by atoms with Gasteiger partial charge in [-0.3, -0.25) is 0 Å². The molecule has 2 aromatic carbocycles. The zero-order valence-corrected chi connectivity index (χ0v) is 11.2. The summed E-state index contributed by atoms with van der Waals surface area (Å²) in [4.78, 5) is 22.9. The Labute approximate surface area is 122 Å². The van der Waals surface area contributed by atoms with E-state index in [-0.39, 0.29) is 0 Å². The van der Waals surface area contributed by atoms with Crippen molar-refractivity contribution >= 4 is 18.0 Å². The molecule has 4 nitrogen and oxygen atoms in total. The van der Waals surface area contributed by atoms with Gasteiger partial charge in [0.05, 0.1) is 0 Å². The number of aliphatic carboxylic acids is 1. The summed E-state index contributed by atoms with van der Waals surface area (Å²) in [6.07, 6.45) is 1.49. The molecule has 0 saturated carbocycles. The van der Waals surface area contributed by atoms with Crippen molar-refractivity contribution in [2.24, 2.45) is 0 Å². The third-order valence-corrected chi connectivity index (χ3v) is 2.77. The Balaban J connectivity index is 2.06. The molecule has 0 spiro atoms. The van der Waals surface area contributed by atoms with Crippen molar-refractivity contribution in [3.63, 3.8) is 0 Å². The highest BCUT2D eigenvalue weighted by molar-refractivity contribution is 5.89. The number of hydrogen-bond acceptors (Lipinski definition) is 3. The van der Waals surface area contributed by atoms with Crippen LogP contribution in [0.15, 0.2) is 66.7 Å². The van der Waals surface area contributed by atoms with Gasteiger partial charge >= 0.3 is 11.9 Å². The Kier molecular flexibility index (Phi) is 4.88. The molecule has 4 heteroatoms. The molecule has 106 valence electrons. The summed E-state index contributed by atoms with van der Waals surface area (Å²) in [5.41, 5.74) is 1.26. The third kappa shape index (κ3) is 4.31. The summed E-state index contributed by atoms with van der Waals surface area (Å²) < 4.78 is 4.99. The zero-order valence-electron chi connectivity index (χ0n) is 11.2. The van der Waals surface area contributed by atoms with Crippen molar-refractivity contribution in [3.05, 3.63) is 77.9 Å². The van der Waals surface area contributed by atoms with Gasteiger partial charge < -0.3 is 9.84 Å². The molecule has 2 rings (SSSR count). The van der Waals surface area contributed by atoms with Gasteiger partial charge in [0.1, 0.15) is 0 Å². The van der Waals surface area contributed by atoms with Crippen molar-refractivity contribution in [1.82, 2.24) is 0 Å². The second kappa shape index (κ2) is 7.05. The van der Waals surface area contributed by atoms with Crippen molar-refractivity contribution in [2.75, 3.05) is 0 Å². The summed E-state index contributed by atoms with van der Waals surface area (Å²) in [6, 6.07) is 17.6. The van der Waals surface area contributed by atoms with E-state index in [2.05, 4.69) is 0 Å². The van der Waals surface area contributed by atoms with Gasteiger partial charge in [0, 0.05) is 11.6 Å². The number of rotatable bonds is 5. The quantitative estimate of drug-likeness (QED) is 0.676. The van der Waals surface area contributed by atoms with E-state index in [1.54, 1.807) is 36.4 Å². The predicted octanol–water partition coefficient (Wildman–Crippen LogP) is 3.07. The Morgan fingerprint density at radius 3 is 2.10 bits per heavy atom. The van der Waals surface area contributed by atoms with Crippen LogP contribution in [0.4, 0.5) is 0 Å². The van der Waals surface area contributed by atoms with Gasteiger partial charge in [0.25, 0.3) is 0 Å². The molecule has 2 aromatic rings. The molecular formula is C17H14O4. The van der Waals surface area contributed by atoms with Crippen molar-refractivity contribution < 1.29 is 19.4 Å². The highest BCUT2D eigenvalue weighted by Gasteiger charge is 2.23. The first-order chi connectivity index (χ1) is 10.2. The molecule has 0 aliphatic rings. The van der Waals surface area contributed by atoms with Crippen LogP contribution in [-0.4, -0.2) is 17.0 Å². The molecule has 1 atom stereocenters. The maximum absolute atomic E-state index is 11.7. The van der Waals surface area contributed by atoms with Gasteiger partial charge in [0.15, 0.2) is 0 Å². The number of benzene rings is 2. The SMILES string of the molecule is O=C(/C=C\c1ccccc1)O[C@@H](C(=O)O)c1ccccc1. The molecule has 0 aliphatic carbocycles. The number of carboxylic acids is 1. The molecule has 1 N–H and O–H groups in total. The van der Waals surface area contributed by atoms with Crippen LogP contribution in [0, 0.1) is 0 Å². The van der Waals surface area contributed by atoms with E-state index in [1.165, 1.54) is 6.08 Å². The van der Waals surface area contributed by atoms with Crippen LogP contribution in [-0.2, 0) is 14.3 Å². The second-order valence-electron chi connectivity index (χ2n) is 4.31. The lowest BCUT2D eigenvalue weighted by Gasteiger charge is -2.12. The molecule has 0 bridgehead atoms. The summed E-state index contributed by atoms with van der Waals surface area (Å²) in [5.74, 6) is -1.90. The van der Waals surface area contributed by atoms with Gasteiger partial charge in [-0.25, -0.2) is 9.59 Å². The largest absolute Gasteiger partial charge is 0.478 e. The van der Waals surface area contributed by atoms with Gasteiger partial charge in [-0.15, -0.1) is 0 Å². The minimum atomic E-state index is -1.31. The van der Waals surface area contributed by atoms with Crippen LogP contribution in [0.25, 0.3) is 6.08 Å². The lowest BCUT2D eigenvalue weighted by molar-refractivity contribution is -0.161. The maximum Gasteiger partial charge on any atom is 0.349 e. The first-order valence-electron chi connectivity index (χ1n) is 6.38. The Morgan fingerprint density at radius 2 is 1.52 bits per heavy atom. The van der Waals surface area contributed by atoms with E-state index >= 15 is 0 Å². The fraction of sp³-hybridized carbons (Fsp3) is 0.0588. The number of hydrogen-bond donors (Lipinski definition) is 1. The molecule has 21 heavy (non-hydrogen) atoms. The van der Waals surface area contributed by atoms with Crippen LogP contribution in [0.2, 0.25) is 0 Å². The van der Waals surface area contributed by atoms with Gasteiger partial charge in [-0.2, -0.15) is 0 Å².